The minimum atomic E-state index is -1.04. The molecule has 0 aliphatic heterocycles. The molecule has 1 aromatic heterocycles. The maximum absolute atomic E-state index is 13.8. The van der Waals surface area contributed by atoms with Crippen molar-refractivity contribution < 1.29 is 9.50 Å². The summed E-state index contributed by atoms with van der Waals surface area (Å²) in [5, 5.41) is 18.4. The molecule has 0 radical (unpaired) electrons. The van der Waals surface area contributed by atoms with E-state index in [0.717, 1.165) is 4.47 Å². The van der Waals surface area contributed by atoms with Crippen LogP contribution in [-0.2, 0) is 6.42 Å². The normalized spacial score (nSPS) is 12.5. The summed E-state index contributed by atoms with van der Waals surface area (Å²) in [6.45, 7) is 3.72. The summed E-state index contributed by atoms with van der Waals surface area (Å²) in [5.41, 5.74) is 2.21. The summed E-state index contributed by atoms with van der Waals surface area (Å²) in [6.07, 6.45) is -0.406. The average Bonchev–Trinajstić information content (AvgIpc) is 2.40. The number of benzene rings is 1. The Labute approximate surface area is 119 Å². The van der Waals surface area contributed by atoms with Crippen LogP contribution in [0.5, 0.6) is 0 Å². The van der Waals surface area contributed by atoms with Crippen molar-refractivity contribution in [1.29, 1.82) is 0 Å². The minimum absolute atomic E-state index is 0.233. The van der Waals surface area contributed by atoms with Gasteiger partial charge in [0.15, 0.2) is 0 Å². The third kappa shape index (κ3) is 2.98. The zero-order valence-corrected chi connectivity index (χ0v) is 12.3. The van der Waals surface area contributed by atoms with Crippen LogP contribution in [0.4, 0.5) is 4.39 Å². The first-order valence-corrected chi connectivity index (χ1v) is 6.78. The van der Waals surface area contributed by atoms with Gasteiger partial charge < -0.3 is 5.11 Å². The molecule has 0 aliphatic rings. The van der Waals surface area contributed by atoms with Gasteiger partial charge >= 0.3 is 0 Å². The van der Waals surface area contributed by atoms with Crippen molar-refractivity contribution in [3.8, 4) is 0 Å². The van der Waals surface area contributed by atoms with E-state index >= 15 is 0 Å². The number of hydrogen-bond donors (Lipinski definition) is 1. The maximum atomic E-state index is 13.8. The molecule has 0 aliphatic carbocycles. The van der Waals surface area contributed by atoms with E-state index in [9.17, 15) is 9.50 Å². The van der Waals surface area contributed by atoms with Crippen LogP contribution < -0.4 is 0 Å². The molecule has 0 spiro atoms. The lowest BCUT2D eigenvalue weighted by Gasteiger charge is -2.15. The lowest BCUT2D eigenvalue weighted by molar-refractivity contribution is 0.213. The molecule has 1 N–H and O–H groups in total. The van der Waals surface area contributed by atoms with Gasteiger partial charge in [0, 0.05) is 15.6 Å². The summed E-state index contributed by atoms with van der Waals surface area (Å²) >= 11 is 3.28. The molecule has 1 heterocycles. The van der Waals surface area contributed by atoms with E-state index in [0.29, 0.717) is 23.4 Å². The third-order valence-electron chi connectivity index (χ3n) is 2.91. The van der Waals surface area contributed by atoms with Gasteiger partial charge in [0.2, 0.25) is 0 Å². The first-order chi connectivity index (χ1) is 9.02. The highest BCUT2D eigenvalue weighted by molar-refractivity contribution is 9.10. The highest BCUT2D eigenvalue weighted by Crippen LogP contribution is 2.28. The summed E-state index contributed by atoms with van der Waals surface area (Å²) < 4.78 is 14.5. The lowest BCUT2D eigenvalue weighted by atomic mass is 9.98. The Morgan fingerprint density at radius 3 is 2.68 bits per heavy atom. The quantitative estimate of drug-likeness (QED) is 0.941. The van der Waals surface area contributed by atoms with Crippen molar-refractivity contribution >= 4 is 15.9 Å². The highest BCUT2D eigenvalue weighted by Gasteiger charge is 2.19. The number of aromatic nitrogens is 2. The molecule has 3 nitrogen and oxygen atoms in total. The second kappa shape index (κ2) is 5.75. The molecule has 2 aromatic rings. The Bertz CT molecular complexity index is 604. The Balaban J connectivity index is 2.51. The second-order valence-corrected chi connectivity index (χ2v) is 5.23. The van der Waals surface area contributed by atoms with E-state index < -0.39 is 11.9 Å². The molecule has 1 aromatic carbocycles. The van der Waals surface area contributed by atoms with Crippen LogP contribution in [0.1, 0.15) is 35.5 Å². The van der Waals surface area contributed by atoms with Crippen molar-refractivity contribution in [1.82, 2.24) is 10.2 Å². The van der Waals surface area contributed by atoms with Gasteiger partial charge in [-0.3, -0.25) is 0 Å². The molecule has 100 valence electrons. The zero-order chi connectivity index (χ0) is 14.0. The number of aryl methyl sites for hydroxylation is 2. The Kier molecular flexibility index (Phi) is 4.27. The molecule has 0 amide bonds. The molecule has 0 fully saturated rings. The van der Waals surface area contributed by atoms with Crippen LogP contribution >= 0.6 is 15.9 Å². The molecule has 5 heteroatoms. The van der Waals surface area contributed by atoms with Gasteiger partial charge in [-0.2, -0.15) is 10.2 Å². The molecule has 0 saturated heterocycles. The van der Waals surface area contributed by atoms with Gasteiger partial charge in [0.25, 0.3) is 0 Å². The monoisotopic (exact) mass is 324 g/mol. The number of nitrogens with zero attached hydrogens (tertiary/aromatic N) is 2. The largest absolute Gasteiger partial charge is 0.383 e. The van der Waals surface area contributed by atoms with Crippen LogP contribution in [-0.4, -0.2) is 15.3 Å². The van der Waals surface area contributed by atoms with Gasteiger partial charge in [-0.05, 0) is 37.6 Å². The number of aliphatic hydroxyl groups is 1. The molecule has 1 unspecified atom stereocenters. The average molecular weight is 325 g/mol. The Morgan fingerprint density at radius 1 is 1.26 bits per heavy atom. The standard InChI is InChI=1S/C14H14BrFN2O/c1-3-13-11(6-8(2)17-18-13)14(19)10-7-9(15)4-5-12(10)16/h4-7,14,19H,3H2,1-2H3. The van der Waals surface area contributed by atoms with Gasteiger partial charge in [0.1, 0.15) is 11.9 Å². The minimum Gasteiger partial charge on any atom is -0.383 e. The van der Waals surface area contributed by atoms with Crippen molar-refractivity contribution in [2.45, 2.75) is 26.4 Å². The summed E-state index contributed by atoms with van der Waals surface area (Å²) in [5.74, 6) is -0.438. The van der Waals surface area contributed by atoms with E-state index in [1.54, 1.807) is 25.1 Å². The molecule has 0 bridgehead atoms. The van der Waals surface area contributed by atoms with Gasteiger partial charge in [-0.1, -0.05) is 22.9 Å². The van der Waals surface area contributed by atoms with Crippen LogP contribution in [0.25, 0.3) is 0 Å². The third-order valence-corrected chi connectivity index (χ3v) is 3.40. The molecule has 19 heavy (non-hydrogen) atoms. The topological polar surface area (TPSA) is 46.0 Å². The predicted molar refractivity (Wildman–Crippen MR) is 74.3 cm³/mol. The van der Waals surface area contributed by atoms with Crippen molar-refractivity contribution in [3.05, 3.63) is 57.1 Å². The highest BCUT2D eigenvalue weighted by atomic mass is 79.9. The summed E-state index contributed by atoms with van der Waals surface area (Å²) in [7, 11) is 0. The van der Waals surface area contributed by atoms with E-state index in [1.807, 2.05) is 6.92 Å². The smallest absolute Gasteiger partial charge is 0.129 e. The van der Waals surface area contributed by atoms with Crippen molar-refractivity contribution in [2.24, 2.45) is 0 Å². The van der Waals surface area contributed by atoms with E-state index in [1.165, 1.54) is 6.07 Å². The number of hydrogen-bond acceptors (Lipinski definition) is 3. The molecule has 1 atom stereocenters. The van der Waals surface area contributed by atoms with E-state index in [-0.39, 0.29) is 5.56 Å². The van der Waals surface area contributed by atoms with E-state index in [2.05, 4.69) is 26.1 Å². The number of halogens is 2. The fraction of sp³-hybridized carbons (Fsp3) is 0.286. The predicted octanol–water partition coefficient (Wildman–Crippen LogP) is 3.33. The molecular weight excluding hydrogens is 311 g/mol. The maximum Gasteiger partial charge on any atom is 0.129 e. The van der Waals surface area contributed by atoms with Crippen molar-refractivity contribution in [3.63, 3.8) is 0 Å². The fourth-order valence-electron chi connectivity index (χ4n) is 1.94. The van der Waals surface area contributed by atoms with Crippen molar-refractivity contribution in [2.75, 3.05) is 0 Å². The molecular formula is C14H14BrFN2O. The SMILES string of the molecule is CCc1nnc(C)cc1C(O)c1cc(Br)ccc1F. The lowest BCUT2D eigenvalue weighted by Crippen LogP contribution is -2.09. The van der Waals surface area contributed by atoms with Crippen LogP contribution in [0, 0.1) is 12.7 Å². The van der Waals surface area contributed by atoms with Gasteiger partial charge in [-0.25, -0.2) is 4.39 Å². The van der Waals surface area contributed by atoms with Crippen LogP contribution in [0.3, 0.4) is 0 Å². The van der Waals surface area contributed by atoms with Gasteiger partial charge in [0.05, 0.1) is 11.4 Å². The second-order valence-electron chi connectivity index (χ2n) is 4.31. The zero-order valence-electron chi connectivity index (χ0n) is 10.7. The Morgan fingerprint density at radius 2 is 2.00 bits per heavy atom. The van der Waals surface area contributed by atoms with Crippen LogP contribution in [0.15, 0.2) is 28.7 Å². The summed E-state index contributed by atoms with van der Waals surface area (Å²) in [6, 6.07) is 6.25. The Hall–Kier alpha value is -1.33. The molecule has 2 rings (SSSR count). The first kappa shape index (κ1) is 14.1. The van der Waals surface area contributed by atoms with Gasteiger partial charge in [-0.15, -0.1) is 0 Å². The molecule has 0 saturated carbocycles. The van der Waals surface area contributed by atoms with E-state index in [4.69, 9.17) is 0 Å². The first-order valence-electron chi connectivity index (χ1n) is 5.99. The number of aliphatic hydroxyl groups excluding tert-OH is 1. The fourth-order valence-corrected chi connectivity index (χ4v) is 2.32. The number of rotatable bonds is 3. The van der Waals surface area contributed by atoms with Crippen LogP contribution in [0.2, 0.25) is 0 Å². The summed E-state index contributed by atoms with van der Waals surface area (Å²) in [4.78, 5) is 0.